The van der Waals surface area contributed by atoms with Crippen molar-refractivity contribution in [2.75, 3.05) is 44.6 Å². The number of methoxy groups -OCH3 is 3. The van der Waals surface area contributed by atoms with E-state index in [1.807, 2.05) is 0 Å². The second kappa shape index (κ2) is 14.2. The van der Waals surface area contributed by atoms with E-state index in [9.17, 15) is 13.2 Å². The van der Waals surface area contributed by atoms with Gasteiger partial charge in [0.15, 0.2) is 17.3 Å². The third-order valence-corrected chi connectivity index (χ3v) is 7.12. The molecule has 14 nitrogen and oxygen atoms in total. The molecule has 4 rings (SSSR count). The Balaban J connectivity index is 1.58. The molecule has 0 spiro atoms. The summed E-state index contributed by atoms with van der Waals surface area (Å²) in [5.74, 6) is 0.688. The van der Waals surface area contributed by atoms with Crippen LogP contribution in [0, 0.1) is 0 Å². The summed E-state index contributed by atoms with van der Waals surface area (Å²) < 4.78 is 61.5. The van der Waals surface area contributed by atoms with Gasteiger partial charge in [0.25, 0.3) is 15.9 Å². The number of benzene rings is 2. The van der Waals surface area contributed by atoms with Crippen LogP contribution in [0.1, 0.15) is 0 Å². The lowest BCUT2D eigenvalue weighted by Gasteiger charge is -2.17. The quantitative estimate of drug-likeness (QED) is 0.194. The molecule has 0 aliphatic carbocycles. The summed E-state index contributed by atoms with van der Waals surface area (Å²) in [7, 11) is 0.0230. The van der Waals surface area contributed by atoms with Crippen molar-refractivity contribution in [1.29, 1.82) is 0 Å². The number of sulfonamides is 1. The van der Waals surface area contributed by atoms with E-state index in [0.29, 0.717) is 17.3 Å². The lowest BCUT2D eigenvalue weighted by molar-refractivity contribution is 0.135. The number of carbonyl (C=O) groups excluding carboxylic acids is 1. The molecule has 0 aliphatic rings. The molecule has 0 saturated heterocycles. The highest BCUT2D eigenvalue weighted by molar-refractivity contribution is 7.92. The Morgan fingerprint density at radius 1 is 0.884 bits per heavy atom. The Morgan fingerprint density at radius 2 is 1.70 bits per heavy atom. The highest BCUT2D eigenvalue weighted by atomic mass is 35.5. The highest BCUT2D eigenvalue weighted by Gasteiger charge is 2.24. The molecular weight excluding hydrogens is 606 g/mol. The van der Waals surface area contributed by atoms with Gasteiger partial charge in [0.05, 0.1) is 31.2 Å². The van der Waals surface area contributed by atoms with E-state index >= 15 is 0 Å². The molecule has 2 aromatic heterocycles. The van der Waals surface area contributed by atoms with Gasteiger partial charge in [-0.3, -0.25) is 10.0 Å². The summed E-state index contributed by atoms with van der Waals surface area (Å²) in [5.41, 5.74) is 0. The van der Waals surface area contributed by atoms with Crippen LogP contribution in [0.25, 0.3) is 0 Å². The van der Waals surface area contributed by atoms with E-state index in [1.54, 1.807) is 24.3 Å². The molecule has 1 amide bonds. The molecule has 0 aliphatic heterocycles. The van der Waals surface area contributed by atoms with E-state index in [1.165, 1.54) is 57.9 Å². The number of hydrogen-bond donors (Lipinski definition) is 2. The Kier molecular flexibility index (Phi) is 10.2. The molecule has 226 valence electrons. The number of anilines is 2. The molecular formula is C27H26ClN5O9S. The van der Waals surface area contributed by atoms with Crippen molar-refractivity contribution < 1.29 is 41.6 Å². The molecule has 43 heavy (non-hydrogen) atoms. The third-order valence-electron chi connectivity index (χ3n) is 5.47. The van der Waals surface area contributed by atoms with Crippen LogP contribution in [-0.4, -0.2) is 64.0 Å². The fourth-order valence-electron chi connectivity index (χ4n) is 3.44. The number of pyridine rings is 1. The maximum absolute atomic E-state index is 13.4. The molecule has 2 heterocycles. The van der Waals surface area contributed by atoms with Crippen LogP contribution in [0.3, 0.4) is 0 Å². The van der Waals surface area contributed by atoms with Gasteiger partial charge in [0.2, 0.25) is 5.75 Å². The Morgan fingerprint density at radius 3 is 2.42 bits per heavy atom. The third kappa shape index (κ3) is 8.05. The zero-order valence-corrected chi connectivity index (χ0v) is 24.6. The first-order valence-electron chi connectivity index (χ1n) is 12.3. The Hall–Kier alpha value is -5.02. The molecule has 0 bridgehead atoms. The van der Waals surface area contributed by atoms with Crippen molar-refractivity contribution in [3.63, 3.8) is 0 Å². The molecule has 0 unspecified atom stereocenters. The van der Waals surface area contributed by atoms with Gasteiger partial charge >= 0.3 is 6.09 Å². The first kappa shape index (κ1) is 30.9. The topological polar surface area (TPSA) is 169 Å². The maximum Gasteiger partial charge on any atom is 0.412 e. The number of nitrogens with one attached hydrogen (secondary N) is 2. The van der Waals surface area contributed by atoms with E-state index in [0.717, 1.165) is 6.33 Å². The number of rotatable bonds is 13. The largest absolute Gasteiger partial charge is 0.497 e. The van der Waals surface area contributed by atoms with Gasteiger partial charge in [0.1, 0.15) is 36.9 Å². The summed E-state index contributed by atoms with van der Waals surface area (Å²) in [5, 5.41) is 2.65. The average molecular weight is 632 g/mol. The lowest BCUT2D eigenvalue weighted by Crippen LogP contribution is -2.19. The zero-order chi connectivity index (χ0) is 30.8. The summed E-state index contributed by atoms with van der Waals surface area (Å²) in [6.07, 6.45) is 1.82. The number of nitrogens with zero attached hydrogens (tertiary/aromatic N) is 3. The molecule has 0 fully saturated rings. The van der Waals surface area contributed by atoms with Crippen molar-refractivity contribution in [3.05, 3.63) is 72.1 Å². The van der Waals surface area contributed by atoms with Crippen LogP contribution in [0.4, 0.5) is 16.4 Å². The second-order valence-electron chi connectivity index (χ2n) is 8.20. The summed E-state index contributed by atoms with van der Waals surface area (Å²) in [4.78, 5) is 24.0. The number of halogens is 1. The minimum atomic E-state index is -4.24. The van der Waals surface area contributed by atoms with Gasteiger partial charge in [-0.05, 0) is 36.4 Å². The zero-order valence-electron chi connectivity index (χ0n) is 23.1. The van der Waals surface area contributed by atoms with E-state index in [-0.39, 0.29) is 52.1 Å². The summed E-state index contributed by atoms with van der Waals surface area (Å²) in [6.45, 7) is -0.383. The molecule has 2 aromatic carbocycles. The first-order chi connectivity index (χ1) is 20.7. The van der Waals surface area contributed by atoms with Gasteiger partial charge in [-0.25, -0.2) is 23.2 Å². The second-order valence-corrected chi connectivity index (χ2v) is 10.3. The molecule has 16 heteroatoms. The predicted octanol–water partition coefficient (Wildman–Crippen LogP) is 4.77. The van der Waals surface area contributed by atoms with Gasteiger partial charge in [0, 0.05) is 18.3 Å². The smallest absolute Gasteiger partial charge is 0.412 e. The normalized spacial score (nSPS) is 10.8. The van der Waals surface area contributed by atoms with Crippen LogP contribution in [-0.2, 0) is 14.8 Å². The van der Waals surface area contributed by atoms with E-state index in [4.69, 9.17) is 40.0 Å². The van der Waals surface area contributed by atoms with Crippen LogP contribution in [0.15, 0.2) is 72.0 Å². The molecule has 0 saturated carbocycles. The molecule has 4 aromatic rings. The highest BCUT2D eigenvalue weighted by Crippen LogP contribution is 2.40. The van der Waals surface area contributed by atoms with Crippen molar-refractivity contribution in [1.82, 2.24) is 15.0 Å². The van der Waals surface area contributed by atoms with Crippen LogP contribution < -0.4 is 33.7 Å². The van der Waals surface area contributed by atoms with Crippen molar-refractivity contribution >= 4 is 39.4 Å². The fourth-order valence-corrected chi connectivity index (χ4v) is 4.63. The lowest BCUT2D eigenvalue weighted by atomic mass is 10.3. The average Bonchev–Trinajstić information content (AvgIpc) is 3.01. The standard InChI is InChI=1S/C27H26ClN5O9S/c1-37-17-7-9-19(28)21(14-17)42-24-25(33-43(35,36)18-8-10-20(38-2)22(15-18)39-3)30-16-31-26(24)40-12-13-41-27(34)32-23-6-4-5-11-29-23/h4-11,14-16H,12-13H2,1-3H3,(H,29,32,34)(H,30,31,33). The SMILES string of the molecule is COc1ccc(Cl)c(Oc2c(NS(=O)(=O)c3ccc(OC)c(OC)c3)ncnc2OCCOC(=O)Nc2ccccn2)c1. The monoisotopic (exact) mass is 631 g/mol. The van der Waals surface area contributed by atoms with Crippen molar-refractivity contribution in [3.8, 4) is 34.6 Å². The van der Waals surface area contributed by atoms with E-state index in [2.05, 4.69) is 25.0 Å². The minimum Gasteiger partial charge on any atom is -0.497 e. The van der Waals surface area contributed by atoms with Gasteiger partial charge in [-0.1, -0.05) is 17.7 Å². The number of carbonyl (C=O) groups is 1. The van der Waals surface area contributed by atoms with Crippen molar-refractivity contribution in [2.24, 2.45) is 0 Å². The predicted molar refractivity (Wildman–Crippen MR) is 155 cm³/mol. The number of amides is 1. The van der Waals surface area contributed by atoms with Gasteiger partial charge in [-0.2, -0.15) is 4.98 Å². The number of hydrogen-bond acceptors (Lipinski definition) is 12. The van der Waals surface area contributed by atoms with Crippen LogP contribution >= 0.6 is 11.6 Å². The first-order valence-corrected chi connectivity index (χ1v) is 14.2. The van der Waals surface area contributed by atoms with E-state index < -0.39 is 16.1 Å². The Labute approximate surface area is 251 Å². The maximum atomic E-state index is 13.4. The molecule has 0 atom stereocenters. The summed E-state index contributed by atoms with van der Waals surface area (Å²) >= 11 is 6.33. The molecule has 0 radical (unpaired) electrons. The molecule has 2 N–H and O–H groups in total. The minimum absolute atomic E-state index is 0.0956. The van der Waals surface area contributed by atoms with Crippen molar-refractivity contribution in [2.45, 2.75) is 4.90 Å². The van der Waals surface area contributed by atoms with Gasteiger partial charge < -0.3 is 28.4 Å². The van der Waals surface area contributed by atoms with Gasteiger partial charge in [-0.15, -0.1) is 0 Å². The number of ether oxygens (including phenoxy) is 6. The summed E-state index contributed by atoms with van der Waals surface area (Å²) in [6, 6.07) is 13.7. The number of aromatic nitrogens is 3. The van der Waals surface area contributed by atoms with Crippen LogP contribution in [0.5, 0.6) is 34.6 Å². The Bertz CT molecular complexity index is 1680. The fraction of sp³-hybridized carbons (Fsp3) is 0.185. The van der Waals surface area contributed by atoms with Crippen LogP contribution in [0.2, 0.25) is 5.02 Å².